The van der Waals surface area contributed by atoms with E-state index in [2.05, 4.69) is 0 Å². The van der Waals surface area contributed by atoms with Crippen molar-refractivity contribution in [3.8, 4) is 11.5 Å². The summed E-state index contributed by atoms with van der Waals surface area (Å²) in [5.74, 6) is -0.470. The monoisotopic (exact) mass is 250 g/mol. The molecule has 4 N–H and O–H groups in total. The van der Waals surface area contributed by atoms with Gasteiger partial charge in [0.25, 0.3) is 5.91 Å². The number of amides is 1. The van der Waals surface area contributed by atoms with Gasteiger partial charge in [-0.05, 0) is 31.4 Å². The Labute approximate surface area is 106 Å². The number of hydrogen-bond acceptors (Lipinski definition) is 4. The van der Waals surface area contributed by atoms with Gasteiger partial charge in [-0.2, -0.15) is 0 Å². The minimum Gasteiger partial charge on any atom is -0.508 e. The third-order valence-electron chi connectivity index (χ3n) is 3.36. The highest BCUT2D eigenvalue weighted by atomic mass is 16.3. The minimum absolute atomic E-state index is 0.0573. The molecular weight excluding hydrogens is 232 g/mol. The second-order valence-corrected chi connectivity index (χ2v) is 4.57. The van der Waals surface area contributed by atoms with Gasteiger partial charge in [0.2, 0.25) is 0 Å². The molecule has 0 radical (unpaired) electrons. The summed E-state index contributed by atoms with van der Waals surface area (Å²) in [6.07, 6.45) is 3.11. The van der Waals surface area contributed by atoms with Crippen LogP contribution in [0.3, 0.4) is 0 Å². The van der Waals surface area contributed by atoms with Gasteiger partial charge in [-0.1, -0.05) is 0 Å². The van der Waals surface area contributed by atoms with E-state index in [-0.39, 0.29) is 29.0 Å². The van der Waals surface area contributed by atoms with Crippen molar-refractivity contribution in [1.29, 1.82) is 0 Å². The zero-order chi connectivity index (χ0) is 13.1. The summed E-state index contributed by atoms with van der Waals surface area (Å²) in [6, 6.07) is 4.24. The van der Waals surface area contributed by atoms with E-state index >= 15 is 0 Å². The topological polar surface area (TPSA) is 86.8 Å². The summed E-state index contributed by atoms with van der Waals surface area (Å²) in [7, 11) is 0. The van der Waals surface area contributed by atoms with Crippen molar-refractivity contribution in [2.24, 2.45) is 5.73 Å². The summed E-state index contributed by atoms with van der Waals surface area (Å²) < 4.78 is 0. The maximum absolute atomic E-state index is 12.3. The van der Waals surface area contributed by atoms with Crippen LogP contribution in [-0.2, 0) is 0 Å². The Bertz CT molecular complexity index is 444. The zero-order valence-corrected chi connectivity index (χ0v) is 10.2. The first-order valence-corrected chi connectivity index (χ1v) is 6.16. The Hall–Kier alpha value is -1.75. The minimum atomic E-state index is -0.220. The number of carbonyl (C=O) groups excluding carboxylic acids is 1. The van der Waals surface area contributed by atoms with E-state index in [1.54, 1.807) is 4.90 Å². The lowest BCUT2D eigenvalue weighted by Crippen LogP contribution is -2.46. The normalized spacial score (nSPS) is 15.2. The number of benzene rings is 1. The van der Waals surface area contributed by atoms with Gasteiger partial charge in [-0.25, -0.2) is 0 Å². The van der Waals surface area contributed by atoms with Crippen molar-refractivity contribution < 1.29 is 15.0 Å². The number of aromatic hydroxyl groups is 2. The molecule has 0 unspecified atom stereocenters. The van der Waals surface area contributed by atoms with Crippen molar-refractivity contribution in [3.63, 3.8) is 0 Å². The van der Waals surface area contributed by atoms with Crippen LogP contribution in [0.15, 0.2) is 18.2 Å². The van der Waals surface area contributed by atoms with Gasteiger partial charge < -0.3 is 20.8 Å². The molecular formula is C13H18N2O3. The van der Waals surface area contributed by atoms with E-state index in [1.165, 1.54) is 18.2 Å². The molecule has 0 bridgehead atoms. The first kappa shape index (κ1) is 12.7. The van der Waals surface area contributed by atoms with Crippen LogP contribution in [0.1, 0.15) is 29.6 Å². The van der Waals surface area contributed by atoms with Gasteiger partial charge >= 0.3 is 0 Å². The van der Waals surface area contributed by atoms with Gasteiger partial charge in [0, 0.05) is 25.2 Å². The highest BCUT2D eigenvalue weighted by Crippen LogP contribution is 2.29. The zero-order valence-electron chi connectivity index (χ0n) is 10.2. The lowest BCUT2D eigenvalue weighted by molar-refractivity contribution is 0.0585. The van der Waals surface area contributed by atoms with Crippen LogP contribution >= 0.6 is 0 Å². The second-order valence-electron chi connectivity index (χ2n) is 4.57. The van der Waals surface area contributed by atoms with Crippen LogP contribution in [0.2, 0.25) is 0 Å². The number of hydrogen-bond donors (Lipinski definition) is 3. The van der Waals surface area contributed by atoms with Crippen LogP contribution in [0, 0.1) is 0 Å². The van der Waals surface area contributed by atoms with E-state index in [1.807, 2.05) is 0 Å². The summed E-state index contributed by atoms with van der Waals surface area (Å²) in [5.41, 5.74) is 5.74. The average molecular weight is 250 g/mol. The number of phenolic OH excluding ortho intramolecular Hbond substituents is 2. The van der Waals surface area contributed by atoms with Crippen molar-refractivity contribution in [1.82, 2.24) is 4.90 Å². The molecule has 5 nitrogen and oxygen atoms in total. The molecule has 0 spiro atoms. The van der Waals surface area contributed by atoms with Gasteiger partial charge in [0.05, 0.1) is 5.56 Å². The molecule has 1 aliphatic carbocycles. The molecule has 0 atom stereocenters. The van der Waals surface area contributed by atoms with Crippen molar-refractivity contribution in [2.45, 2.75) is 25.3 Å². The molecule has 0 heterocycles. The second kappa shape index (κ2) is 5.27. The Morgan fingerprint density at radius 3 is 2.61 bits per heavy atom. The highest BCUT2D eigenvalue weighted by molar-refractivity contribution is 5.97. The lowest BCUT2D eigenvalue weighted by Gasteiger charge is -2.37. The Balaban J connectivity index is 2.21. The predicted molar refractivity (Wildman–Crippen MR) is 67.5 cm³/mol. The molecule has 2 rings (SSSR count). The molecule has 1 aliphatic rings. The van der Waals surface area contributed by atoms with E-state index in [9.17, 15) is 15.0 Å². The summed E-state index contributed by atoms with van der Waals surface area (Å²) in [4.78, 5) is 14.0. The molecule has 18 heavy (non-hydrogen) atoms. The van der Waals surface area contributed by atoms with E-state index in [4.69, 9.17) is 5.73 Å². The Kier molecular flexibility index (Phi) is 3.72. The fraction of sp³-hybridized carbons (Fsp3) is 0.462. The standard InChI is InChI=1S/C13H18N2O3/c14-6-7-15(9-2-1-3-9)13(18)11-5-4-10(16)8-12(11)17/h4-5,8-9,16-17H,1-3,6-7,14H2. The third-order valence-corrected chi connectivity index (χ3v) is 3.36. The number of phenols is 2. The predicted octanol–water partition coefficient (Wildman–Crippen LogP) is 1.05. The Morgan fingerprint density at radius 1 is 1.39 bits per heavy atom. The molecule has 1 aromatic carbocycles. The van der Waals surface area contributed by atoms with Gasteiger partial charge in [-0.15, -0.1) is 0 Å². The van der Waals surface area contributed by atoms with Crippen LogP contribution in [-0.4, -0.2) is 40.2 Å². The lowest BCUT2D eigenvalue weighted by atomic mass is 9.91. The largest absolute Gasteiger partial charge is 0.508 e. The quantitative estimate of drug-likeness (QED) is 0.745. The summed E-state index contributed by atoms with van der Waals surface area (Å²) in [5, 5.41) is 18.9. The van der Waals surface area contributed by atoms with Crippen LogP contribution < -0.4 is 5.73 Å². The SMILES string of the molecule is NCCN(C(=O)c1ccc(O)cc1O)C1CCC1. The first-order valence-electron chi connectivity index (χ1n) is 6.16. The molecule has 5 heteroatoms. The molecule has 1 saturated carbocycles. The van der Waals surface area contributed by atoms with Crippen molar-refractivity contribution >= 4 is 5.91 Å². The highest BCUT2D eigenvalue weighted by Gasteiger charge is 2.29. The number of rotatable bonds is 4. The van der Waals surface area contributed by atoms with Crippen LogP contribution in [0.25, 0.3) is 0 Å². The fourth-order valence-corrected chi connectivity index (χ4v) is 2.14. The van der Waals surface area contributed by atoms with Crippen LogP contribution in [0.4, 0.5) is 0 Å². The maximum Gasteiger partial charge on any atom is 0.257 e. The Morgan fingerprint density at radius 2 is 2.11 bits per heavy atom. The van der Waals surface area contributed by atoms with Crippen LogP contribution in [0.5, 0.6) is 11.5 Å². The fourth-order valence-electron chi connectivity index (χ4n) is 2.14. The smallest absolute Gasteiger partial charge is 0.257 e. The molecule has 0 aromatic heterocycles. The average Bonchev–Trinajstić information content (AvgIpc) is 2.25. The van der Waals surface area contributed by atoms with Gasteiger partial charge in [-0.3, -0.25) is 4.79 Å². The van der Waals surface area contributed by atoms with Gasteiger partial charge in [0.15, 0.2) is 0 Å². The number of nitrogens with zero attached hydrogens (tertiary/aromatic N) is 1. The van der Waals surface area contributed by atoms with E-state index in [0.717, 1.165) is 19.3 Å². The molecule has 1 amide bonds. The molecule has 0 aliphatic heterocycles. The summed E-state index contributed by atoms with van der Waals surface area (Å²) >= 11 is 0. The van der Waals surface area contributed by atoms with Gasteiger partial charge in [0.1, 0.15) is 11.5 Å². The number of carbonyl (C=O) groups is 1. The molecule has 1 fully saturated rings. The first-order chi connectivity index (χ1) is 8.63. The molecule has 0 saturated heterocycles. The number of nitrogens with two attached hydrogens (primary N) is 1. The van der Waals surface area contributed by atoms with Crippen molar-refractivity contribution in [2.75, 3.05) is 13.1 Å². The molecule has 1 aromatic rings. The van der Waals surface area contributed by atoms with E-state index in [0.29, 0.717) is 13.1 Å². The third kappa shape index (κ3) is 2.41. The summed E-state index contributed by atoms with van der Waals surface area (Å²) in [6.45, 7) is 0.894. The molecule has 98 valence electrons. The van der Waals surface area contributed by atoms with Crippen molar-refractivity contribution in [3.05, 3.63) is 23.8 Å². The van der Waals surface area contributed by atoms with E-state index < -0.39 is 0 Å². The maximum atomic E-state index is 12.3.